The highest BCUT2D eigenvalue weighted by molar-refractivity contribution is 5.87. The number of benzene rings is 1. The Kier molecular flexibility index (Phi) is 4.05. The van der Waals surface area contributed by atoms with Gasteiger partial charge in [-0.2, -0.15) is 0 Å². The third kappa shape index (κ3) is 3.25. The molecule has 0 saturated carbocycles. The fourth-order valence-corrected chi connectivity index (χ4v) is 1.58. The zero-order valence-electron chi connectivity index (χ0n) is 12.0. The topological polar surface area (TPSA) is 55.1 Å². The Labute approximate surface area is 110 Å². The van der Waals surface area contributed by atoms with Crippen LogP contribution in [0.1, 0.15) is 46.6 Å². The summed E-state index contributed by atoms with van der Waals surface area (Å²) in [4.78, 5) is 12.4. The summed E-state index contributed by atoms with van der Waals surface area (Å²) in [6, 6.07) is 7.48. The largest absolute Gasteiger partial charge is 0.399 e. The molecule has 0 aromatic heterocycles. The van der Waals surface area contributed by atoms with Gasteiger partial charge in [-0.1, -0.05) is 19.1 Å². The van der Waals surface area contributed by atoms with Gasteiger partial charge in [0.15, 0.2) is 0 Å². The lowest BCUT2D eigenvalue weighted by molar-refractivity contribution is -0.127. The second-order valence-electron chi connectivity index (χ2n) is 5.94. The highest BCUT2D eigenvalue weighted by Gasteiger charge is 2.32. The summed E-state index contributed by atoms with van der Waals surface area (Å²) in [5.41, 5.74) is 6.62. The minimum atomic E-state index is -0.555. The standard InChI is InChI=1S/C15H24N2O/c1-6-14(2,3)17-13(18)15(4,5)11-7-9-12(16)10-8-11/h7-10H,6,16H2,1-5H3,(H,17,18). The first kappa shape index (κ1) is 14.6. The number of rotatable bonds is 4. The van der Waals surface area contributed by atoms with E-state index < -0.39 is 5.41 Å². The number of hydrogen-bond acceptors (Lipinski definition) is 2. The molecule has 0 spiro atoms. The summed E-state index contributed by atoms with van der Waals surface area (Å²) in [6.45, 7) is 9.99. The van der Waals surface area contributed by atoms with E-state index in [1.54, 1.807) is 0 Å². The lowest BCUT2D eigenvalue weighted by atomic mass is 9.82. The van der Waals surface area contributed by atoms with Crippen LogP contribution >= 0.6 is 0 Å². The van der Waals surface area contributed by atoms with Gasteiger partial charge in [-0.15, -0.1) is 0 Å². The lowest BCUT2D eigenvalue weighted by Gasteiger charge is -2.31. The van der Waals surface area contributed by atoms with E-state index in [0.717, 1.165) is 12.0 Å². The molecular weight excluding hydrogens is 224 g/mol. The molecular formula is C15H24N2O. The predicted molar refractivity (Wildman–Crippen MR) is 76.4 cm³/mol. The first-order valence-electron chi connectivity index (χ1n) is 6.37. The van der Waals surface area contributed by atoms with E-state index in [2.05, 4.69) is 12.2 Å². The van der Waals surface area contributed by atoms with Crippen molar-refractivity contribution in [2.75, 3.05) is 5.73 Å². The van der Waals surface area contributed by atoms with Crippen molar-refractivity contribution in [3.8, 4) is 0 Å². The minimum Gasteiger partial charge on any atom is -0.399 e. The van der Waals surface area contributed by atoms with Crippen LogP contribution in [0.3, 0.4) is 0 Å². The highest BCUT2D eigenvalue weighted by Crippen LogP contribution is 2.25. The van der Waals surface area contributed by atoms with Gasteiger partial charge in [0.1, 0.15) is 0 Å². The molecule has 100 valence electrons. The maximum absolute atomic E-state index is 12.4. The van der Waals surface area contributed by atoms with Gasteiger partial charge in [-0.05, 0) is 51.8 Å². The molecule has 0 bridgehead atoms. The molecule has 3 N–H and O–H groups in total. The summed E-state index contributed by atoms with van der Waals surface area (Å²) < 4.78 is 0. The van der Waals surface area contributed by atoms with Crippen molar-refractivity contribution in [2.45, 2.75) is 52.0 Å². The van der Waals surface area contributed by atoms with E-state index in [9.17, 15) is 4.79 Å². The predicted octanol–water partition coefficient (Wildman–Crippen LogP) is 2.85. The molecule has 0 aliphatic heterocycles. The van der Waals surface area contributed by atoms with Crippen molar-refractivity contribution in [1.82, 2.24) is 5.32 Å². The van der Waals surface area contributed by atoms with Crippen LogP contribution < -0.4 is 11.1 Å². The number of anilines is 1. The Balaban J connectivity index is 2.92. The van der Waals surface area contributed by atoms with Crippen LogP contribution in [0, 0.1) is 0 Å². The number of carbonyl (C=O) groups is 1. The molecule has 0 heterocycles. The van der Waals surface area contributed by atoms with Crippen molar-refractivity contribution in [3.05, 3.63) is 29.8 Å². The zero-order chi connectivity index (χ0) is 14.0. The molecule has 0 aliphatic rings. The normalized spacial score (nSPS) is 12.3. The maximum atomic E-state index is 12.4. The molecule has 1 rings (SSSR count). The van der Waals surface area contributed by atoms with E-state index >= 15 is 0 Å². The Bertz CT molecular complexity index is 419. The van der Waals surface area contributed by atoms with Crippen molar-refractivity contribution < 1.29 is 4.79 Å². The summed E-state index contributed by atoms with van der Waals surface area (Å²) in [6.07, 6.45) is 0.899. The van der Waals surface area contributed by atoms with E-state index in [0.29, 0.717) is 5.69 Å². The van der Waals surface area contributed by atoms with Crippen LogP contribution in [-0.4, -0.2) is 11.4 Å². The van der Waals surface area contributed by atoms with Crippen molar-refractivity contribution >= 4 is 11.6 Å². The highest BCUT2D eigenvalue weighted by atomic mass is 16.2. The van der Waals surface area contributed by atoms with Gasteiger partial charge in [-0.25, -0.2) is 0 Å². The molecule has 0 radical (unpaired) electrons. The quantitative estimate of drug-likeness (QED) is 0.805. The molecule has 0 unspecified atom stereocenters. The fourth-order valence-electron chi connectivity index (χ4n) is 1.58. The van der Waals surface area contributed by atoms with Gasteiger partial charge >= 0.3 is 0 Å². The first-order valence-corrected chi connectivity index (χ1v) is 6.37. The Hall–Kier alpha value is -1.51. The molecule has 1 aromatic carbocycles. The van der Waals surface area contributed by atoms with Gasteiger partial charge in [-0.3, -0.25) is 4.79 Å². The second-order valence-corrected chi connectivity index (χ2v) is 5.94. The number of hydrogen-bond donors (Lipinski definition) is 2. The summed E-state index contributed by atoms with van der Waals surface area (Å²) >= 11 is 0. The Morgan fingerprint density at radius 1 is 1.17 bits per heavy atom. The first-order chi connectivity index (χ1) is 8.19. The monoisotopic (exact) mass is 248 g/mol. The molecule has 18 heavy (non-hydrogen) atoms. The van der Waals surface area contributed by atoms with Crippen molar-refractivity contribution in [3.63, 3.8) is 0 Å². The van der Waals surface area contributed by atoms with Crippen LogP contribution in [0.15, 0.2) is 24.3 Å². The Morgan fingerprint density at radius 3 is 2.11 bits per heavy atom. The third-order valence-electron chi connectivity index (χ3n) is 3.54. The molecule has 0 fully saturated rings. The number of nitrogens with two attached hydrogens (primary N) is 1. The van der Waals surface area contributed by atoms with Gasteiger partial charge in [0, 0.05) is 11.2 Å². The zero-order valence-corrected chi connectivity index (χ0v) is 12.0. The fraction of sp³-hybridized carbons (Fsp3) is 0.533. The van der Waals surface area contributed by atoms with Crippen LogP contribution in [0.5, 0.6) is 0 Å². The smallest absolute Gasteiger partial charge is 0.230 e. The van der Waals surface area contributed by atoms with Gasteiger partial charge < -0.3 is 11.1 Å². The molecule has 0 atom stereocenters. The average Bonchev–Trinajstić information content (AvgIpc) is 2.29. The number of carbonyl (C=O) groups excluding carboxylic acids is 1. The van der Waals surface area contributed by atoms with Crippen LogP contribution in [0.4, 0.5) is 5.69 Å². The lowest BCUT2D eigenvalue weighted by Crippen LogP contribution is -2.50. The molecule has 3 heteroatoms. The number of amides is 1. The average molecular weight is 248 g/mol. The molecule has 1 aromatic rings. The molecule has 0 saturated heterocycles. The maximum Gasteiger partial charge on any atom is 0.230 e. The van der Waals surface area contributed by atoms with E-state index in [4.69, 9.17) is 5.73 Å². The SMILES string of the molecule is CCC(C)(C)NC(=O)C(C)(C)c1ccc(N)cc1. The van der Waals surface area contributed by atoms with Crippen molar-refractivity contribution in [2.24, 2.45) is 0 Å². The van der Waals surface area contributed by atoms with Crippen molar-refractivity contribution in [1.29, 1.82) is 0 Å². The summed E-state index contributed by atoms with van der Waals surface area (Å²) in [5, 5.41) is 3.09. The second kappa shape index (κ2) is 5.01. The summed E-state index contributed by atoms with van der Waals surface area (Å²) in [5.74, 6) is 0.0409. The van der Waals surface area contributed by atoms with E-state index in [1.165, 1.54) is 0 Å². The van der Waals surface area contributed by atoms with E-state index in [-0.39, 0.29) is 11.4 Å². The van der Waals surface area contributed by atoms with Crippen LogP contribution in [0.25, 0.3) is 0 Å². The Morgan fingerprint density at radius 2 is 1.67 bits per heavy atom. The van der Waals surface area contributed by atoms with E-state index in [1.807, 2.05) is 52.0 Å². The van der Waals surface area contributed by atoms with Gasteiger partial charge in [0.2, 0.25) is 5.91 Å². The van der Waals surface area contributed by atoms with Gasteiger partial charge in [0.25, 0.3) is 0 Å². The number of nitrogen functional groups attached to an aromatic ring is 1. The molecule has 0 aliphatic carbocycles. The molecule has 1 amide bonds. The third-order valence-corrected chi connectivity index (χ3v) is 3.54. The van der Waals surface area contributed by atoms with Crippen LogP contribution in [-0.2, 0) is 10.2 Å². The summed E-state index contributed by atoms with van der Waals surface area (Å²) in [7, 11) is 0. The minimum absolute atomic E-state index is 0.0409. The van der Waals surface area contributed by atoms with Gasteiger partial charge in [0.05, 0.1) is 5.41 Å². The molecule has 3 nitrogen and oxygen atoms in total. The van der Waals surface area contributed by atoms with Crippen LogP contribution in [0.2, 0.25) is 0 Å². The number of nitrogens with one attached hydrogen (secondary N) is 1.